The molecule has 0 aliphatic carbocycles. The van der Waals surface area contributed by atoms with Gasteiger partial charge in [-0.25, -0.2) is 0 Å². The van der Waals surface area contributed by atoms with Gasteiger partial charge in [0.1, 0.15) is 0 Å². The Morgan fingerprint density at radius 3 is 2.53 bits per heavy atom. The zero-order valence-electron chi connectivity index (χ0n) is 11.2. The summed E-state index contributed by atoms with van der Waals surface area (Å²) in [5.74, 6) is 0.0820. The molecule has 0 aliphatic rings. The Hall–Kier alpha value is -1.81. The van der Waals surface area contributed by atoms with E-state index in [1.807, 2.05) is 54.6 Å². The van der Waals surface area contributed by atoms with E-state index in [9.17, 15) is 4.79 Å². The van der Waals surface area contributed by atoms with Crippen molar-refractivity contribution in [3.05, 3.63) is 52.2 Å². The molecule has 1 heterocycles. The quantitative estimate of drug-likeness (QED) is 0.905. The van der Waals surface area contributed by atoms with Gasteiger partial charge in [0.15, 0.2) is 0 Å². The van der Waals surface area contributed by atoms with Crippen LogP contribution in [0.4, 0.5) is 5.69 Å². The summed E-state index contributed by atoms with van der Waals surface area (Å²) < 4.78 is 0. The van der Waals surface area contributed by atoms with E-state index in [0.29, 0.717) is 13.1 Å². The van der Waals surface area contributed by atoms with Crippen LogP contribution in [0.1, 0.15) is 22.2 Å². The fourth-order valence-electron chi connectivity index (χ4n) is 1.88. The highest BCUT2D eigenvalue weighted by Crippen LogP contribution is 2.15. The number of anilines is 1. The van der Waals surface area contributed by atoms with E-state index in [1.54, 1.807) is 11.3 Å². The Labute approximate surface area is 117 Å². The van der Waals surface area contributed by atoms with Crippen LogP contribution in [0.2, 0.25) is 0 Å². The van der Waals surface area contributed by atoms with Crippen molar-refractivity contribution in [1.29, 1.82) is 0 Å². The van der Waals surface area contributed by atoms with Crippen LogP contribution in [0, 0.1) is 0 Å². The van der Waals surface area contributed by atoms with Gasteiger partial charge in [-0.15, -0.1) is 11.3 Å². The predicted octanol–water partition coefficient (Wildman–Crippen LogP) is 3.45. The smallest absolute Gasteiger partial charge is 0.254 e. The highest BCUT2D eigenvalue weighted by atomic mass is 32.1. The Bertz CT molecular complexity index is 520. The fraction of sp³-hybridized carbons (Fsp3) is 0.267. The molecular weight excluding hydrogens is 256 g/mol. The van der Waals surface area contributed by atoms with Gasteiger partial charge >= 0.3 is 0 Å². The highest BCUT2D eigenvalue weighted by Gasteiger charge is 2.14. The molecule has 3 nitrogen and oxygen atoms in total. The first-order valence-corrected chi connectivity index (χ1v) is 7.22. The van der Waals surface area contributed by atoms with Gasteiger partial charge in [0.2, 0.25) is 0 Å². The van der Waals surface area contributed by atoms with Gasteiger partial charge in [0, 0.05) is 29.7 Å². The molecule has 0 spiro atoms. The second-order valence-electron chi connectivity index (χ2n) is 4.23. The number of rotatable bonds is 5. The summed E-state index contributed by atoms with van der Waals surface area (Å²) in [6, 6.07) is 11.7. The van der Waals surface area contributed by atoms with Crippen molar-refractivity contribution in [2.45, 2.75) is 13.5 Å². The van der Waals surface area contributed by atoms with Crippen molar-refractivity contribution < 1.29 is 4.79 Å². The number of thiophene rings is 1. The molecule has 1 aromatic heterocycles. The Morgan fingerprint density at radius 1 is 1.26 bits per heavy atom. The maximum atomic E-state index is 12.4. The zero-order valence-corrected chi connectivity index (χ0v) is 12.0. The van der Waals surface area contributed by atoms with Crippen LogP contribution in [-0.2, 0) is 6.54 Å². The van der Waals surface area contributed by atoms with E-state index in [0.717, 1.165) is 11.3 Å². The molecular formula is C15H18N2OS. The van der Waals surface area contributed by atoms with Crippen LogP contribution >= 0.6 is 11.3 Å². The largest absolute Gasteiger partial charge is 0.388 e. The summed E-state index contributed by atoms with van der Waals surface area (Å²) >= 11 is 1.68. The summed E-state index contributed by atoms with van der Waals surface area (Å²) in [7, 11) is 1.87. The Kier molecular flexibility index (Phi) is 4.58. The average Bonchev–Trinajstić information content (AvgIpc) is 2.97. The van der Waals surface area contributed by atoms with Crippen molar-refractivity contribution in [3.63, 3.8) is 0 Å². The van der Waals surface area contributed by atoms with Crippen LogP contribution in [0.15, 0.2) is 41.8 Å². The van der Waals surface area contributed by atoms with Gasteiger partial charge in [-0.05, 0) is 42.6 Å². The second-order valence-corrected chi connectivity index (χ2v) is 5.26. The molecule has 1 N–H and O–H groups in total. The molecule has 0 bridgehead atoms. The van der Waals surface area contributed by atoms with Crippen molar-refractivity contribution in [2.24, 2.45) is 0 Å². The van der Waals surface area contributed by atoms with Gasteiger partial charge in [-0.1, -0.05) is 6.07 Å². The molecule has 19 heavy (non-hydrogen) atoms. The minimum absolute atomic E-state index is 0.0820. The van der Waals surface area contributed by atoms with E-state index in [2.05, 4.69) is 11.4 Å². The minimum Gasteiger partial charge on any atom is -0.388 e. The van der Waals surface area contributed by atoms with E-state index in [-0.39, 0.29) is 5.91 Å². The minimum atomic E-state index is 0.0820. The second kappa shape index (κ2) is 6.38. The van der Waals surface area contributed by atoms with Gasteiger partial charge in [0.25, 0.3) is 5.91 Å². The molecule has 100 valence electrons. The molecule has 0 radical (unpaired) electrons. The van der Waals surface area contributed by atoms with Crippen LogP contribution in [0.5, 0.6) is 0 Å². The molecule has 0 unspecified atom stereocenters. The molecule has 0 atom stereocenters. The molecule has 1 aromatic carbocycles. The number of carbonyl (C=O) groups excluding carboxylic acids is 1. The predicted molar refractivity (Wildman–Crippen MR) is 80.7 cm³/mol. The summed E-state index contributed by atoms with van der Waals surface area (Å²) in [6.07, 6.45) is 0. The number of carbonyl (C=O) groups is 1. The molecule has 4 heteroatoms. The third-order valence-electron chi connectivity index (χ3n) is 3.02. The first-order chi connectivity index (χ1) is 9.24. The zero-order chi connectivity index (χ0) is 13.7. The first kappa shape index (κ1) is 13.6. The van der Waals surface area contributed by atoms with Crippen molar-refractivity contribution in [3.8, 4) is 0 Å². The molecule has 0 saturated carbocycles. The van der Waals surface area contributed by atoms with Crippen molar-refractivity contribution >= 4 is 22.9 Å². The van der Waals surface area contributed by atoms with E-state index in [1.165, 1.54) is 4.88 Å². The maximum absolute atomic E-state index is 12.4. The monoisotopic (exact) mass is 274 g/mol. The Balaban J connectivity index is 2.10. The highest BCUT2D eigenvalue weighted by molar-refractivity contribution is 7.09. The van der Waals surface area contributed by atoms with Gasteiger partial charge in [-0.3, -0.25) is 4.79 Å². The van der Waals surface area contributed by atoms with E-state index < -0.39 is 0 Å². The summed E-state index contributed by atoms with van der Waals surface area (Å²) in [5, 5.41) is 5.09. The number of amides is 1. The van der Waals surface area contributed by atoms with Gasteiger partial charge in [-0.2, -0.15) is 0 Å². The summed E-state index contributed by atoms with van der Waals surface area (Å²) in [5.41, 5.74) is 1.75. The van der Waals surface area contributed by atoms with Crippen LogP contribution < -0.4 is 5.32 Å². The van der Waals surface area contributed by atoms with Crippen molar-refractivity contribution in [1.82, 2.24) is 4.90 Å². The topological polar surface area (TPSA) is 32.3 Å². The maximum Gasteiger partial charge on any atom is 0.254 e. The van der Waals surface area contributed by atoms with Gasteiger partial charge in [0.05, 0.1) is 6.54 Å². The molecule has 0 saturated heterocycles. The molecule has 2 rings (SSSR count). The van der Waals surface area contributed by atoms with E-state index in [4.69, 9.17) is 0 Å². The number of benzene rings is 1. The van der Waals surface area contributed by atoms with Crippen LogP contribution in [0.3, 0.4) is 0 Å². The SMILES string of the molecule is CCN(Cc1cccs1)C(=O)c1ccc(NC)cc1. The number of hydrogen-bond donors (Lipinski definition) is 1. The van der Waals surface area contributed by atoms with Crippen molar-refractivity contribution in [2.75, 3.05) is 18.9 Å². The lowest BCUT2D eigenvalue weighted by atomic mass is 10.1. The molecule has 1 amide bonds. The van der Waals surface area contributed by atoms with Crippen LogP contribution in [0.25, 0.3) is 0 Å². The third-order valence-corrected chi connectivity index (χ3v) is 3.88. The average molecular weight is 274 g/mol. The van der Waals surface area contributed by atoms with Crippen LogP contribution in [-0.4, -0.2) is 24.4 Å². The summed E-state index contributed by atoms with van der Waals surface area (Å²) in [6.45, 7) is 3.40. The van der Waals surface area contributed by atoms with E-state index >= 15 is 0 Å². The Morgan fingerprint density at radius 2 is 2.00 bits per heavy atom. The third kappa shape index (κ3) is 3.35. The number of nitrogens with one attached hydrogen (secondary N) is 1. The molecule has 0 fully saturated rings. The lowest BCUT2D eigenvalue weighted by Gasteiger charge is -2.20. The lowest BCUT2D eigenvalue weighted by Crippen LogP contribution is -2.29. The molecule has 2 aromatic rings. The molecule has 0 aliphatic heterocycles. The summed E-state index contributed by atoms with van der Waals surface area (Å²) in [4.78, 5) is 15.5. The first-order valence-electron chi connectivity index (χ1n) is 6.34. The fourth-order valence-corrected chi connectivity index (χ4v) is 2.60. The van der Waals surface area contributed by atoms with Gasteiger partial charge < -0.3 is 10.2 Å². The lowest BCUT2D eigenvalue weighted by molar-refractivity contribution is 0.0754. The standard InChI is InChI=1S/C15H18N2OS/c1-3-17(11-14-5-4-10-19-14)15(18)12-6-8-13(16-2)9-7-12/h4-10,16H,3,11H2,1-2H3. The number of nitrogens with zero attached hydrogens (tertiary/aromatic N) is 1. The normalized spacial score (nSPS) is 10.2. The number of hydrogen-bond acceptors (Lipinski definition) is 3.